The second-order valence-corrected chi connectivity index (χ2v) is 4.82. The molecule has 0 aromatic rings. The molecule has 0 aliphatic carbocycles. The maximum atomic E-state index is 11.7. The highest BCUT2D eigenvalue weighted by Crippen LogP contribution is 2.13. The maximum absolute atomic E-state index is 11.7. The summed E-state index contributed by atoms with van der Waals surface area (Å²) in [6.45, 7) is 1.97. The summed E-state index contributed by atoms with van der Waals surface area (Å²) in [6, 6.07) is -0.107. The van der Waals surface area contributed by atoms with E-state index in [0.717, 1.165) is 25.9 Å². The van der Waals surface area contributed by atoms with E-state index in [9.17, 15) is 9.59 Å². The van der Waals surface area contributed by atoms with Crippen LogP contribution in [0, 0.1) is 0 Å². The first-order chi connectivity index (χ1) is 8.04. The lowest BCUT2D eigenvalue weighted by molar-refractivity contribution is -0.119. The van der Waals surface area contributed by atoms with Crippen molar-refractivity contribution in [1.29, 1.82) is 0 Å². The molecule has 0 aromatic carbocycles. The molecular weight excluding hydrogens is 242 g/mol. The van der Waals surface area contributed by atoms with E-state index in [0.29, 0.717) is 0 Å². The standard InChI is InChI=1S/C11H20ClN3O2/c1-14-7-4-9(5-8-14)15(2)11(17)13-10(16)3-6-12/h9H,3-8H2,1-2H3,(H,13,16,17). The SMILES string of the molecule is CN1CCC(N(C)C(=O)NC(=O)CCCl)CC1. The number of carbonyl (C=O) groups excluding carboxylic acids is 2. The minimum absolute atomic E-state index is 0.175. The predicted octanol–water partition coefficient (Wildman–Crippen LogP) is 0.877. The molecule has 0 bridgehead atoms. The normalized spacial score (nSPS) is 17.8. The van der Waals surface area contributed by atoms with Crippen LogP contribution in [0.5, 0.6) is 0 Å². The Morgan fingerprint density at radius 1 is 1.41 bits per heavy atom. The highest BCUT2D eigenvalue weighted by molar-refractivity contribution is 6.19. The molecule has 17 heavy (non-hydrogen) atoms. The number of imide groups is 1. The van der Waals surface area contributed by atoms with Crippen molar-refractivity contribution in [3.05, 3.63) is 0 Å². The van der Waals surface area contributed by atoms with Gasteiger partial charge in [-0.3, -0.25) is 10.1 Å². The zero-order valence-corrected chi connectivity index (χ0v) is 11.2. The maximum Gasteiger partial charge on any atom is 0.324 e. The molecule has 1 aliphatic rings. The lowest BCUT2D eigenvalue weighted by atomic mass is 10.0. The summed E-state index contributed by atoms with van der Waals surface area (Å²) < 4.78 is 0. The van der Waals surface area contributed by atoms with Crippen LogP contribution in [0.15, 0.2) is 0 Å². The second-order valence-electron chi connectivity index (χ2n) is 4.44. The number of piperidine rings is 1. The van der Waals surface area contributed by atoms with Gasteiger partial charge in [-0.1, -0.05) is 0 Å². The minimum Gasteiger partial charge on any atom is -0.324 e. The molecule has 1 fully saturated rings. The third kappa shape index (κ3) is 4.52. The molecule has 0 unspecified atom stereocenters. The molecule has 0 radical (unpaired) electrons. The summed E-state index contributed by atoms with van der Waals surface area (Å²) >= 11 is 5.43. The van der Waals surface area contributed by atoms with Crippen molar-refractivity contribution in [2.24, 2.45) is 0 Å². The summed E-state index contributed by atoms with van der Waals surface area (Å²) in [5.41, 5.74) is 0. The van der Waals surface area contributed by atoms with E-state index in [2.05, 4.69) is 17.3 Å². The number of nitrogens with zero attached hydrogens (tertiary/aromatic N) is 2. The molecule has 0 saturated carbocycles. The van der Waals surface area contributed by atoms with Gasteiger partial charge in [0.1, 0.15) is 0 Å². The molecule has 98 valence electrons. The van der Waals surface area contributed by atoms with E-state index >= 15 is 0 Å². The van der Waals surface area contributed by atoms with Gasteiger partial charge in [-0.25, -0.2) is 4.79 Å². The van der Waals surface area contributed by atoms with Gasteiger partial charge in [0.05, 0.1) is 0 Å². The molecule has 0 spiro atoms. The van der Waals surface area contributed by atoms with E-state index in [4.69, 9.17) is 11.6 Å². The van der Waals surface area contributed by atoms with E-state index in [1.165, 1.54) is 0 Å². The van der Waals surface area contributed by atoms with Gasteiger partial charge in [0.25, 0.3) is 0 Å². The van der Waals surface area contributed by atoms with Crippen LogP contribution < -0.4 is 5.32 Å². The Balaban J connectivity index is 2.38. The number of urea groups is 1. The van der Waals surface area contributed by atoms with Crippen molar-refractivity contribution >= 4 is 23.5 Å². The zero-order valence-electron chi connectivity index (χ0n) is 10.4. The smallest absolute Gasteiger partial charge is 0.324 e. The van der Waals surface area contributed by atoms with Crippen molar-refractivity contribution in [3.8, 4) is 0 Å². The molecule has 6 heteroatoms. The van der Waals surface area contributed by atoms with Crippen LogP contribution in [0.25, 0.3) is 0 Å². The van der Waals surface area contributed by atoms with Crippen LogP contribution in [-0.2, 0) is 4.79 Å². The molecular formula is C11H20ClN3O2. The summed E-state index contributed by atoms with van der Waals surface area (Å²) in [6.07, 6.45) is 2.07. The number of hydrogen-bond donors (Lipinski definition) is 1. The first-order valence-electron chi connectivity index (χ1n) is 5.85. The quantitative estimate of drug-likeness (QED) is 0.768. The summed E-state index contributed by atoms with van der Waals surface area (Å²) in [5.74, 6) is -0.0818. The zero-order chi connectivity index (χ0) is 12.8. The number of carbonyl (C=O) groups is 2. The van der Waals surface area contributed by atoms with Crippen molar-refractivity contribution < 1.29 is 9.59 Å². The lowest BCUT2D eigenvalue weighted by Gasteiger charge is -2.34. The number of alkyl halides is 1. The molecule has 0 atom stereocenters. The molecule has 1 N–H and O–H groups in total. The first-order valence-corrected chi connectivity index (χ1v) is 6.39. The number of nitrogens with one attached hydrogen (secondary N) is 1. The molecule has 5 nitrogen and oxygen atoms in total. The predicted molar refractivity (Wildman–Crippen MR) is 67.2 cm³/mol. The number of hydrogen-bond acceptors (Lipinski definition) is 3. The Morgan fingerprint density at radius 2 is 2.00 bits per heavy atom. The van der Waals surface area contributed by atoms with Gasteiger partial charge < -0.3 is 9.80 Å². The molecule has 3 amide bonds. The van der Waals surface area contributed by atoms with Crippen molar-refractivity contribution in [2.75, 3.05) is 33.1 Å². The minimum atomic E-state index is -0.324. The summed E-state index contributed by atoms with van der Waals surface area (Å²) in [4.78, 5) is 26.8. The van der Waals surface area contributed by atoms with Crippen LogP contribution in [0.4, 0.5) is 4.79 Å². The molecule has 0 aromatic heterocycles. The van der Waals surface area contributed by atoms with E-state index in [-0.39, 0.29) is 30.3 Å². The number of amides is 3. The Hall–Kier alpha value is -0.810. The largest absolute Gasteiger partial charge is 0.324 e. The van der Waals surface area contributed by atoms with Gasteiger partial charge >= 0.3 is 6.03 Å². The van der Waals surface area contributed by atoms with Crippen molar-refractivity contribution in [1.82, 2.24) is 15.1 Å². The fourth-order valence-electron chi connectivity index (χ4n) is 1.90. The van der Waals surface area contributed by atoms with Gasteiger partial charge in [-0.15, -0.1) is 11.6 Å². The van der Waals surface area contributed by atoms with Gasteiger partial charge in [0.2, 0.25) is 5.91 Å². The van der Waals surface area contributed by atoms with Crippen LogP contribution in [0.3, 0.4) is 0 Å². The van der Waals surface area contributed by atoms with Crippen molar-refractivity contribution in [2.45, 2.75) is 25.3 Å². The second kappa shape index (κ2) is 6.81. The Morgan fingerprint density at radius 3 is 2.53 bits per heavy atom. The monoisotopic (exact) mass is 261 g/mol. The van der Waals surface area contributed by atoms with Crippen LogP contribution in [-0.4, -0.2) is 60.8 Å². The summed E-state index contributed by atoms with van der Waals surface area (Å²) in [5, 5.41) is 2.34. The van der Waals surface area contributed by atoms with Gasteiger partial charge in [0.15, 0.2) is 0 Å². The number of likely N-dealkylation sites (tertiary alicyclic amines) is 1. The van der Waals surface area contributed by atoms with Gasteiger partial charge in [-0.2, -0.15) is 0 Å². The Bertz CT molecular complexity index is 278. The van der Waals surface area contributed by atoms with Crippen LogP contribution in [0.1, 0.15) is 19.3 Å². The van der Waals surface area contributed by atoms with Gasteiger partial charge in [0, 0.05) is 25.4 Å². The van der Waals surface area contributed by atoms with Crippen LogP contribution >= 0.6 is 11.6 Å². The Labute approximate surface area is 107 Å². The number of halogens is 1. The van der Waals surface area contributed by atoms with E-state index < -0.39 is 0 Å². The fourth-order valence-corrected chi connectivity index (χ4v) is 2.08. The average Bonchev–Trinajstić information content (AvgIpc) is 2.29. The van der Waals surface area contributed by atoms with Gasteiger partial charge in [-0.05, 0) is 33.0 Å². The van der Waals surface area contributed by atoms with Crippen molar-refractivity contribution in [3.63, 3.8) is 0 Å². The van der Waals surface area contributed by atoms with Crippen LogP contribution in [0.2, 0.25) is 0 Å². The third-order valence-corrected chi connectivity index (χ3v) is 3.31. The van der Waals surface area contributed by atoms with E-state index in [1.807, 2.05) is 0 Å². The molecule has 1 aliphatic heterocycles. The highest BCUT2D eigenvalue weighted by Gasteiger charge is 2.24. The third-order valence-electron chi connectivity index (χ3n) is 3.12. The molecule has 1 saturated heterocycles. The average molecular weight is 262 g/mol. The Kier molecular flexibility index (Phi) is 5.71. The lowest BCUT2D eigenvalue weighted by Crippen LogP contribution is -2.49. The first kappa shape index (κ1) is 14.3. The highest BCUT2D eigenvalue weighted by atomic mass is 35.5. The molecule has 1 rings (SSSR count). The van der Waals surface area contributed by atoms with E-state index in [1.54, 1.807) is 11.9 Å². The number of rotatable bonds is 3. The topological polar surface area (TPSA) is 52.6 Å². The fraction of sp³-hybridized carbons (Fsp3) is 0.818. The summed E-state index contributed by atoms with van der Waals surface area (Å²) in [7, 11) is 3.81. The molecule has 1 heterocycles.